The molecule has 1 atom stereocenters. The van der Waals surface area contributed by atoms with Crippen molar-refractivity contribution in [2.45, 2.75) is 52.4 Å². The molecule has 1 fully saturated rings. The second-order valence-corrected chi connectivity index (χ2v) is 7.79. The number of aryl methyl sites for hydroxylation is 2. The van der Waals surface area contributed by atoms with Crippen LogP contribution in [0.2, 0.25) is 0 Å². The third-order valence-electron chi connectivity index (χ3n) is 5.32. The monoisotopic (exact) mass is 367 g/mol. The number of nitrogens with zero attached hydrogens (tertiary/aromatic N) is 3. The normalized spacial score (nSPS) is 17.8. The molecule has 27 heavy (non-hydrogen) atoms. The van der Waals surface area contributed by atoms with E-state index >= 15 is 0 Å². The smallest absolute Gasteiger partial charge is 0.289 e. The Balaban J connectivity index is 1.57. The maximum Gasteiger partial charge on any atom is 0.289 e. The number of hydrogen-bond acceptors (Lipinski definition) is 5. The number of aromatic nitrogens is 2. The van der Waals surface area contributed by atoms with E-state index in [4.69, 9.17) is 8.94 Å². The minimum atomic E-state index is -0.0605. The van der Waals surface area contributed by atoms with Crippen molar-refractivity contribution in [1.82, 2.24) is 15.0 Å². The van der Waals surface area contributed by atoms with Crippen LogP contribution in [0, 0.1) is 13.8 Å². The van der Waals surface area contributed by atoms with Crippen LogP contribution < -0.4 is 0 Å². The van der Waals surface area contributed by atoms with Crippen LogP contribution in [0.1, 0.15) is 71.9 Å². The topological polar surface area (TPSA) is 72.4 Å². The maximum atomic E-state index is 13.1. The van der Waals surface area contributed by atoms with Gasteiger partial charge in [-0.15, -0.1) is 0 Å². The van der Waals surface area contributed by atoms with Gasteiger partial charge in [-0.1, -0.05) is 31.1 Å². The second-order valence-electron chi connectivity index (χ2n) is 7.79. The summed E-state index contributed by atoms with van der Waals surface area (Å²) in [6, 6.07) is 6.03. The van der Waals surface area contributed by atoms with E-state index in [1.54, 1.807) is 0 Å². The van der Waals surface area contributed by atoms with Gasteiger partial charge in [0.05, 0.1) is 5.92 Å². The average Bonchev–Trinajstić information content (AvgIpc) is 3.27. The SMILES string of the molecule is Cc1ccc2c(C)c(C(=O)N3CCC[C@@H](c4nc(C(C)C)no4)C3)oc2c1. The molecule has 0 N–H and O–H groups in total. The van der Waals surface area contributed by atoms with Crippen LogP contribution in [0.3, 0.4) is 0 Å². The largest absolute Gasteiger partial charge is 0.451 e. The average molecular weight is 367 g/mol. The summed E-state index contributed by atoms with van der Waals surface area (Å²) in [5.41, 5.74) is 2.78. The van der Waals surface area contributed by atoms with Crippen molar-refractivity contribution in [3.8, 4) is 0 Å². The number of amides is 1. The zero-order chi connectivity index (χ0) is 19.1. The van der Waals surface area contributed by atoms with Crippen LogP contribution in [-0.4, -0.2) is 34.0 Å². The number of carbonyl (C=O) groups excluding carboxylic acids is 1. The summed E-state index contributed by atoms with van der Waals surface area (Å²) in [6.07, 6.45) is 1.86. The predicted octanol–water partition coefficient (Wildman–Crippen LogP) is 4.58. The molecule has 142 valence electrons. The zero-order valence-electron chi connectivity index (χ0n) is 16.3. The molecule has 1 aliphatic rings. The lowest BCUT2D eigenvalue weighted by Crippen LogP contribution is -2.39. The summed E-state index contributed by atoms with van der Waals surface area (Å²) in [6.45, 7) is 9.34. The van der Waals surface area contributed by atoms with Crippen LogP contribution >= 0.6 is 0 Å². The third-order valence-corrected chi connectivity index (χ3v) is 5.32. The summed E-state index contributed by atoms with van der Waals surface area (Å²) in [4.78, 5) is 19.5. The predicted molar refractivity (Wildman–Crippen MR) is 102 cm³/mol. The van der Waals surface area contributed by atoms with Crippen molar-refractivity contribution in [2.24, 2.45) is 0 Å². The molecule has 6 nitrogen and oxygen atoms in total. The molecule has 0 unspecified atom stereocenters. The van der Waals surface area contributed by atoms with Crippen LogP contribution in [0.15, 0.2) is 27.1 Å². The molecule has 0 aliphatic carbocycles. The highest BCUT2D eigenvalue weighted by Gasteiger charge is 2.31. The number of likely N-dealkylation sites (tertiary alicyclic amines) is 1. The first-order valence-electron chi connectivity index (χ1n) is 9.56. The van der Waals surface area contributed by atoms with Gasteiger partial charge < -0.3 is 13.8 Å². The zero-order valence-corrected chi connectivity index (χ0v) is 16.3. The van der Waals surface area contributed by atoms with Crippen molar-refractivity contribution in [2.75, 3.05) is 13.1 Å². The Morgan fingerprint density at radius 2 is 2.11 bits per heavy atom. The van der Waals surface area contributed by atoms with Crippen molar-refractivity contribution in [3.63, 3.8) is 0 Å². The molecule has 0 radical (unpaired) electrons. The molecule has 1 amide bonds. The van der Waals surface area contributed by atoms with Gasteiger partial charge in [-0.2, -0.15) is 4.98 Å². The van der Waals surface area contributed by atoms with Gasteiger partial charge in [0.1, 0.15) is 5.58 Å². The Kier molecular flexibility index (Phi) is 4.50. The van der Waals surface area contributed by atoms with E-state index in [1.807, 2.05) is 50.8 Å². The summed E-state index contributed by atoms with van der Waals surface area (Å²) < 4.78 is 11.4. The number of rotatable bonds is 3. The lowest BCUT2D eigenvalue weighted by molar-refractivity contribution is 0.0665. The van der Waals surface area contributed by atoms with Gasteiger partial charge in [0.15, 0.2) is 11.6 Å². The standard InChI is InChI=1S/C21H25N3O3/c1-12(2)19-22-20(27-23-19)15-6-5-9-24(11-15)21(25)18-14(4)16-8-7-13(3)10-17(16)26-18/h7-8,10,12,15H,5-6,9,11H2,1-4H3/t15-/m1/s1. The van der Waals surface area contributed by atoms with Crippen molar-refractivity contribution < 1.29 is 13.7 Å². The van der Waals surface area contributed by atoms with Crippen molar-refractivity contribution >= 4 is 16.9 Å². The number of furan rings is 1. The van der Waals surface area contributed by atoms with E-state index in [2.05, 4.69) is 10.1 Å². The van der Waals surface area contributed by atoms with Gasteiger partial charge in [0.25, 0.3) is 5.91 Å². The minimum absolute atomic E-state index is 0.0605. The van der Waals surface area contributed by atoms with Gasteiger partial charge in [-0.25, -0.2) is 0 Å². The summed E-state index contributed by atoms with van der Waals surface area (Å²) in [7, 11) is 0. The van der Waals surface area contributed by atoms with Gasteiger partial charge in [0, 0.05) is 30.0 Å². The molecular formula is C21H25N3O3. The van der Waals surface area contributed by atoms with Crippen LogP contribution in [0.25, 0.3) is 11.0 Å². The molecular weight excluding hydrogens is 342 g/mol. The van der Waals surface area contributed by atoms with E-state index < -0.39 is 0 Å². The van der Waals surface area contributed by atoms with Crippen LogP contribution in [0.4, 0.5) is 0 Å². The summed E-state index contributed by atoms with van der Waals surface area (Å²) in [5.74, 6) is 2.03. The van der Waals surface area contributed by atoms with E-state index in [-0.39, 0.29) is 17.7 Å². The van der Waals surface area contributed by atoms with Gasteiger partial charge in [0.2, 0.25) is 5.89 Å². The molecule has 2 aromatic heterocycles. The molecule has 4 rings (SSSR count). The molecule has 1 saturated heterocycles. The number of fused-ring (bicyclic) bond motifs is 1. The van der Waals surface area contributed by atoms with Crippen LogP contribution in [0.5, 0.6) is 0 Å². The molecule has 0 bridgehead atoms. The number of carbonyl (C=O) groups is 1. The minimum Gasteiger partial charge on any atom is -0.451 e. The second kappa shape index (κ2) is 6.83. The number of hydrogen-bond donors (Lipinski definition) is 0. The lowest BCUT2D eigenvalue weighted by Gasteiger charge is -2.30. The fourth-order valence-corrected chi connectivity index (χ4v) is 3.69. The first-order valence-corrected chi connectivity index (χ1v) is 9.56. The highest BCUT2D eigenvalue weighted by atomic mass is 16.5. The molecule has 6 heteroatoms. The number of piperidine rings is 1. The molecule has 1 aromatic carbocycles. The van der Waals surface area contributed by atoms with Crippen molar-refractivity contribution in [1.29, 1.82) is 0 Å². The fraction of sp³-hybridized carbons (Fsp3) is 0.476. The van der Waals surface area contributed by atoms with Crippen molar-refractivity contribution in [3.05, 3.63) is 46.8 Å². The number of benzene rings is 1. The first kappa shape index (κ1) is 17.8. The van der Waals surface area contributed by atoms with Gasteiger partial charge >= 0.3 is 0 Å². The Bertz CT molecular complexity index is 986. The Labute approximate surface area is 158 Å². The summed E-state index contributed by atoms with van der Waals surface area (Å²) >= 11 is 0. The Morgan fingerprint density at radius 3 is 2.85 bits per heavy atom. The molecule has 3 aromatic rings. The quantitative estimate of drug-likeness (QED) is 0.678. The third kappa shape index (κ3) is 3.24. The summed E-state index contributed by atoms with van der Waals surface area (Å²) in [5, 5.41) is 5.06. The Morgan fingerprint density at radius 1 is 1.30 bits per heavy atom. The molecule has 1 aliphatic heterocycles. The molecule has 0 saturated carbocycles. The fourth-order valence-electron chi connectivity index (χ4n) is 3.69. The van der Waals surface area contributed by atoms with E-state index in [9.17, 15) is 4.79 Å². The van der Waals surface area contributed by atoms with E-state index in [0.29, 0.717) is 18.2 Å². The first-order chi connectivity index (χ1) is 12.9. The highest BCUT2D eigenvalue weighted by Crippen LogP contribution is 2.31. The lowest BCUT2D eigenvalue weighted by atomic mass is 9.97. The molecule has 0 spiro atoms. The van der Waals surface area contributed by atoms with E-state index in [0.717, 1.165) is 47.3 Å². The van der Waals surface area contributed by atoms with Crippen LogP contribution in [-0.2, 0) is 0 Å². The van der Waals surface area contributed by atoms with E-state index in [1.165, 1.54) is 0 Å². The van der Waals surface area contributed by atoms with Gasteiger partial charge in [-0.05, 0) is 38.3 Å². The van der Waals surface area contributed by atoms with Gasteiger partial charge in [-0.3, -0.25) is 4.79 Å². The highest BCUT2D eigenvalue weighted by molar-refractivity contribution is 5.99. The maximum absolute atomic E-state index is 13.1. The Hall–Kier alpha value is -2.63. The molecule has 3 heterocycles.